The number of carboxylic acid groups (broad SMARTS) is 1. The first-order valence-corrected chi connectivity index (χ1v) is 5.81. The number of hydrogen-bond donors (Lipinski definition) is 2. The standard InChI is InChI=1S/C11H20N2O3/c1-2-3-4-9-8(11(15)16)5-6-13(9)7-10(12)14/h8-9H,2-7H2,1H3,(H2,12,14)(H,15,16). The summed E-state index contributed by atoms with van der Waals surface area (Å²) < 4.78 is 0. The van der Waals surface area contributed by atoms with Crippen molar-refractivity contribution < 1.29 is 14.7 Å². The highest BCUT2D eigenvalue weighted by Gasteiger charge is 2.38. The largest absolute Gasteiger partial charge is 0.481 e. The van der Waals surface area contributed by atoms with Crippen molar-refractivity contribution in [3.63, 3.8) is 0 Å². The summed E-state index contributed by atoms with van der Waals surface area (Å²) in [5.41, 5.74) is 5.16. The van der Waals surface area contributed by atoms with Crippen LogP contribution in [0.15, 0.2) is 0 Å². The van der Waals surface area contributed by atoms with Crippen molar-refractivity contribution in [1.29, 1.82) is 0 Å². The Kier molecular flexibility index (Phi) is 4.73. The maximum atomic E-state index is 11.1. The number of likely N-dealkylation sites (tertiary alicyclic amines) is 1. The van der Waals surface area contributed by atoms with Gasteiger partial charge in [-0.15, -0.1) is 0 Å². The Bertz CT molecular complexity index is 268. The fourth-order valence-corrected chi connectivity index (χ4v) is 2.40. The van der Waals surface area contributed by atoms with Crippen molar-refractivity contribution in [3.05, 3.63) is 0 Å². The third-order valence-electron chi connectivity index (χ3n) is 3.19. The lowest BCUT2D eigenvalue weighted by molar-refractivity contribution is -0.142. The molecule has 16 heavy (non-hydrogen) atoms. The van der Waals surface area contributed by atoms with Gasteiger partial charge in [-0.05, 0) is 19.4 Å². The molecule has 1 fully saturated rings. The van der Waals surface area contributed by atoms with Gasteiger partial charge < -0.3 is 10.8 Å². The molecule has 0 spiro atoms. The van der Waals surface area contributed by atoms with E-state index < -0.39 is 5.97 Å². The molecule has 1 amide bonds. The molecular formula is C11H20N2O3. The lowest BCUT2D eigenvalue weighted by Crippen LogP contribution is -2.40. The van der Waals surface area contributed by atoms with Crippen LogP contribution in [0.2, 0.25) is 0 Å². The number of carboxylic acids is 1. The molecular weight excluding hydrogens is 208 g/mol. The number of primary amides is 1. The Labute approximate surface area is 95.6 Å². The molecule has 0 aromatic heterocycles. The average molecular weight is 228 g/mol. The Hall–Kier alpha value is -1.10. The fraction of sp³-hybridized carbons (Fsp3) is 0.818. The number of unbranched alkanes of at least 4 members (excludes halogenated alkanes) is 1. The molecule has 0 aromatic rings. The molecule has 2 unspecified atom stereocenters. The van der Waals surface area contributed by atoms with Gasteiger partial charge in [0.1, 0.15) is 0 Å². The second-order valence-electron chi connectivity index (χ2n) is 4.38. The molecule has 0 radical (unpaired) electrons. The average Bonchev–Trinajstić information content (AvgIpc) is 2.57. The van der Waals surface area contributed by atoms with Gasteiger partial charge in [0.05, 0.1) is 12.5 Å². The van der Waals surface area contributed by atoms with Gasteiger partial charge in [0, 0.05) is 6.04 Å². The molecule has 0 aromatic carbocycles. The minimum absolute atomic E-state index is 0.0232. The molecule has 0 bridgehead atoms. The summed E-state index contributed by atoms with van der Waals surface area (Å²) in [6.07, 6.45) is 3.48. The molecule has 1 aliphatic heterocycles. The predicted molar refractivity (Wildman–Crippen MR) is 59.8 cm³/mol. The van der Waals surface area contributed by atoms with Crippen LogP contribution in [0, 0.1) is 5.92 Å². The summed E-state index contributed by atoms with van der Waals surface area (Å²) >= 11 is 0. The number of carbonyl (C=O) groups is 2. The van der Waals surface area contributed by atoms with Crippen molar-refractivity contribution in [3.8, 4) is 0 Å². The van der Waals surface area contributed by atoms with Gasteiger partial charge in [-0.25, -0.2) is 0 Å². The van der Waals surface area contributed by atoms with Crippen LogP contribution in [0.5, 0.6) is 0 Å². The first-order valence-electron chi connectivity index (χ1n) is 5.81. The van der Waals surface area contributed by atoms with Gasteiger partial charge in [0.15, 0.2) is 0 Å². The molecule has 2 atom stereocenters. The highest BCUT2D eigenvalue weighted by Crippen LogP contribution is 2.28. The van der Waals surface area contributed by atoms with E-state index in [-0.39, 0.29) is 24.4 Å². The molecule has 0 aliphatic carbocycles. The normalized spacial score (nSPS) is 25.8. The number of amides is 1. The topological polar surface area (TPSA) is 83.6 Å². The Morgan fingerprint density at radius 2 is 2.19 bits per heavy atom. The molecule has 92 valence electrons. The molecule has 5 heteroatoms. The van der Waals surface area contributed by atoms with Crippen LogP contribution >= 0.6 is 0 Å². The number of rotatable bonds is 6. The lowest BCUT2D eigenvalue weighted by atomic mass is 9.96. The zero-order chi connectivity index (χ0) is 12.1. The molecule has 1 saturated heterocycles. The SMILES string of the molecule is CCCCC1C(C(=O)O)CCN1CC(N)=O. The second kappa shape index (κ2) is 5.84. The van der Waals surface area contributed by atoms with Gasteiger partial charge in [-0.2, -0.15) is 0 Å². The summed E-state index contributed by atoms with van der Waals surface area (Å²) in [5, 5.41) is 9.09. The number of carbonyl (C=O) groups excluding carboxylic acids is 1. The van der Waals surface area contributed by atoms with Crippen LogP contribution in [-0.2, 0) is 9.59 Å². The van der Waals surface area contributed by atoms with Crippen molar-refractivity contribution in [2.75, 3.05) is 13.1 Å². The van der Waals surface area contributed by atoms with E-state index in [2.05, 4.69) is 6.92 Å². The summed E-state index contributed by atoms with van der Waals surface area (Å²) in [6.45, 7) is 2.91. The van der Waals surface area contributed by atoms with E-state index in [9.17, 15) is 9.59 Å². The third kappa shape index (κ3) is 3.20. The van der Waals surface area contributed by atoms with Crippen LogP contribution in [0.3, 0.4) is 0 Å². The van der Waals surface area contributed by atoms with Gasteiger partial charge in [-0.1, -0.05) is 19.8 Å². The van der Waals surface area contributed by atoms with E-state index in [1.807, 2.05) is 4.90 Å². The Morgan fingerprint density at radius 3 is 2.69 bits per heavy atom. The van der Waals surface area contributed by atoms with Crippen molar-refractivity contribution in [1.82, 2.24) is 4.90 Å². The minimum Gasteiger partial charge on any atom is -0.481 e. The zero-order valence-electron chi connectivity index (χ0n) is 9.69. The highest BCUT2D eigenvalue weighted by molar-refractivity contribution is 5.76. The second-order valence-corrected chi connectivity index (χ2v) is 4.38. The smallest absolute Gasteiger partial charge is 0.308 e. The summed E-state index contributed by atoms with van der Waals surface area (Å²) in [4.78, 5) is 23.9. The fourth-order valence-electron chi connectivity index (χ4n) is 2.40. The quantitative estimate of drug-likeness (QED) is 0.691. The van der Waals surface area contributed by atoms with Gasteiger partial charge >= 0.3 is 5.97 Å². The third-order valence-corrected chi connectivity index (χ3v) is 3.19. The number of aliphatic carboxylic acids is 1. The van der Waals surface area contributed by atoms with E-state index in [1.54, 1.807) is 0 Å². The van der Waals surface area contributed by atoms with Crippen molar-refractivity contribution in [2.24, 2.45) is 11.7 Å². The van der Waals surface area contributed by atoms with E-state index in [0.717, 1.165) is 19.3 Å². The zero-order valence-corrected chi connectivity index (χ0v) is 9.69. The van der Waals surface area contributed by atoms with E-state index >= 15 is 0 Å². The molecule has 3 N–H and O–H groups in total. The van der Waals surface area contributed by atoms with Crippen molar-refractivity contribution in [2.45, 2.75) is 38.6 Å². The van der Waals surface area contributed by atoms with Crippen molar-refractivity contribution >= 4 is 11.9 Å². The van der Waals surface area contributed by atoms with Crippen LogP contribution in [0.4, 0.5) is 0 Å². The predicted octanol–water partition coefficient (Wildman–Crippen LogP) is 0.437. The van der Waals surface area contributed by atoms with Crippen LogP contribution in [-0.4, -0.2) is 41.0 Å². The summed E-state index contributed by atoms with van der Waals surface area (Å²) in [5.74, 6) is -1.48. The van der Waals surface area contributed by atoms with Crippen LogP contribution in [0.25, 0.3) is 0 Å². The maximum Gasteiger partial charge on any atom is 0.308 e. The molecule has 1 rings (SSSR count). The molecule has 1 aliphatic rings. The van der Waals surface area contributed by atoms with E-state index in [1.165, 1.54) is 0 Å². The van der Waals surface area contributed by atoms with E-state index in [4.69, 9.17) is 10.8 Å². The first kappa shape index (κ1) is 13.0. The van der Waals surface area contributed by atoms with Crippen LogP contribution < -0.4 is 5.73 Å². The lowest BCUT2D eigenvalue weighted by Gasteiger charge is -2.25. The maximum absolute atomic E-state index is 11.1. The summed E-state index contributed by atoms with van der Waals surface area (Å²) in [6, 6.07) is -0.0232. The molecule has 5 nitrogen and oxygen atoms in total. The minimum atomic E-state index is -0.756. The number of hydrogen-bond acceptors (Lipinski definition) is 3. The highest BCUT2D eigenvalue weighted by atomic mass is 16.4. The van der Waals surface area contributed by atoms with Crippen LogP contribution in [0.1, 0.15) is 32.6 Å². The Morgan fingerprint density at radius 1 is 1.50 bits per heavy atom. The van der Waals surface area contributed by atoms with Gasteiger partial charge in [0.25, 0.3) is 0 Å². The van der Waals surface area contributed by atoms with E-state index in [0.29, 0.717) is 13.0 Å². The monoisotopic (exact) mass is 228 g/mol. The Balaban J connectivity index is 2.63. The van der Waals surface area contributed by atoms with Gasteiger partial charge in [-0.3, -0.25) is 14.5 Å². The summed E-state index contributed by atoms with van der Waals surface area (Å²) in [7, 11) is 0. The first-order chi connectivity index (χ1) is 7.56. The molecule has 1 heterocycles. The number of nitrogens with zero attached hydrogens (tertiary/aromatic N) is 1. The molecule has 0 saturated carbocycles. The van der Waals surface area contributed by atoms with Gasteiger partial charge in [0.2, 0.25) is 5.91 Å². The number of nitrogens with two attached hydrogens (primary N) is 1.